The summed E-state index contributed by atoms with van der Waals surface area (Å²) in [5.74, 6) is 0.363. The summed E-state index contributed by atoms with van der Waals surface area (Å²) in [5, 5.41) is 14.5. The SMILES string of the molecule is CCC(CC(N)=NO)NCCCS(C)(=O)=O. The van der Waals surface area contributed by atoms with Gasteiger partial charge in [-0.25, -0.2) is 8.42 Å². The molecule has 0 heterocycles. The Morgan fingerprint density at radius 3 is 2.62 bits per heavy atom. The number of hydrogen-bond acceptors (Lipinski definition) is 5. The fourth-order valence-electron chi connectivity index (χ4n) is 1.29. The van der Waals surface area contributed by atoms with E-state index in [1.165, 1.54) is 6.26 Å². The third-order valence-corrected chi connectivity index (χ3v) is 3.23. The lowest BCUT2D eigenvalue weighted by Crippen LogP contribution is -2.34. The number of sulfone groups is 1. The fraction of sp³-hybridized carbons (Fsp3) is 0.889. The second kappa shape index (κ2) is 7.45. The Labute approximate surface area is 96.8 Å². The first-order chi connectivity index (χ1) is 7.39. The molecule has 0 amide bonds. The number of nitrogens with two attached hydrogens (primary N) is 1. The smallest absolute Gasteiger partial charge is 0.147 e. The summed E-state index contributed by atoms with van der Waals surface area (Å²) >= 11 is 0. The van der Waals surface area contributed by atoms with Gasteiger partial charge in [0.25, 0.3) is 0 Å². The summed E-state index contributed by atoms with van der Waals surface area (Å²) < 4.78 is 21.7. The lowest BCUT2D eigenvalue weighted by molar-refractivity contribution is 0.315. The number of hydrogen-bond donors (Lipinski definition) is 3. The van der Waals surface area contributed by atoms with Gasteiger partial charge in [-0.2, -0.15) is 0 Å². The van der Waals surface area contributed by atoms with E-state index >= 15 is 0 Å². The molecule has 0 fully saturated rings. The molecule has 4 N–H and O–H groups in total. The van der Waals surface area contributed by atoms with Gasteiger partial charge in [0.05, 0.1) is 5.75 Å². The van der Waals surface area contributed by atoms with Crippen molar-refractivity contribution in [1.29, 1.82) is 0 Å². The zero-order valence-electron chi connectivity index (χ0n) is 9.81. The van der Waals surface area contributed by atoms with Crippen molar-refractivity contribution in [3.63, 3.8) is 0 Å². The molecule has 7 heteroatoms. The van der Waals surface area contributed by atoms with Crippen molar-refractivity contribution in [1.82, 2.24) is 5.32 Å². The van der Waals surface area contributed by atoms with Crippen LogP contribution in [-0.2, 0) is 9.84 Å². The molecule has 96 valence electrons. The Balaban J connectivity index is 3.80. The van der Waals surface area contributed by atoms with Gasteiger partial charge < -0.3 is 16.3 Å². The molecule has 0 bridgehead atoms. The minimum atomic E-state index is -2.88. The Morgan fingerprint density at radius 2 is 2.19 bits per heavy atom. The summed E-state index contributed by atoms with van der Waals surface area (Å²) in [6.45, 7) is 2.60. The Hall–Kier alpha value is -0.820. The summed E-state index contributed by atoms with van der Waals surface area (Å²) in [6, 6.07) is 0.121. The first kappa shape index (κ1) is 15.2. The average Bonchev–Trinajstić information content (AvgIpc) is 2.20. The summed E-state index contributed by atoms with van der Waals surface area (Å²) in [6.07, 6.45) is 3.10. The molecule has 16 heavy (non-hydrogen) atoms. The minimum Gasteiger partial charge on any atom is -0.409 e. The van der Waals surface area contributed by atoms with Crippen LogP contribution < -0.4 is 11.1 Å². The van der Waals surface area contributed by atoms with E-state index in [1.807, 2.05) is 6.92 Å². The predicted molar refractivity (Wildman–Crippen MR) is 64.4 cm³/mol. The van der Waals surface area contributed by atoms with Crippen molar-refractivity contribution < 1.29 is 13.6 Å². The van der Waals surface area contributed by atoms with Crippen molar-refractivity contribution in [2.45, 2.75) is 32.2 Å². The highest BCUT2D eigenvalue weighted by Crippen LogP contribution is 1.98. The topological polar surface area (TPSA) is 105 Å². The number of nitrogens with one attached hydrogen (secondary N) is 1. The molecule has 1 atom stereocenters. The van der Waals surface area contributed by atoms with Crippen LogP contribution in [0.25, 0.3) is 0 Å². The van der Waals surface area contributed by atoms with Gasteiger partial charge in [-0.3, -0.25) is 0 Å². The molecule has 0 aliphatic heterocycles. The van der Waals surface area contributed by atoms with Crippen LogP contribution in [0.5, 0.6) is 0 Å². The van der Waals surface area contributed by atoms with E-state index in [4.69, 9.17) is 10.9 Å². The van der Waals surface area contributed by atoms with Crippen LogP contribution in [0.3, 0.4) is 0 Å². The largest absolute Gasteiger partial charge is 0.409 e. The third-order valence-electron chi connectivity index (χ3n) is 2.20. The molecule has 0 spiro atoms. The second-order valence-corrected chi connectivity index (χ2v) is 6.10. The quantitative estimate of drug-likeness (QED) is 0.184. The molecular formula is C9H21N3O3S. The molecule has 0 saturated heterocycles. The molecule has 0 radical (unpaired) electrons. The van der Waals surface area contributed by atoms with Gasteiger partial charge in [0, 0.05) is 18.7 Å². The molecule has 0 saturated carbocycles. The van der Waals surface area contributed by atoms with Crippen LogP contribution in [0.2, 0.25) is 0 Å². The molecule has 6 nitrogen and oxygen atoms in total. The second-order valence-electron chi connectivity index (χ2n) is 3.84. The molecule has 0 rings (SSSR count). The van der Waals surface area contributed by atoms with Crippen LogP contribution in [0.1, 0.15) is 26.2 Å². The highest BCUT2D eigenvalue weighted by molar-refractivity contribution is 7.90. The lowest BCUT2D eigenvalue weighted by Gasteiger charge is -2.15. The van der Waals surface area contributed by atoms with Gasteiger partial charge >= 0.3 is 0 Å². The van der Waals surface area contributed by atoms with Gasteiger partial charge in [-0.1, -0.05) is 12.1 Å². The average molecular weight is 251 g/mol. The van der Waals surface area contributed by atoms with Gasteiger partial charge in [0.2, 0.25) is 0 Å². The van der Waals surface area contributed by atoms with Gasteiger partial charge in [-0.05, 0) is 19.4 Å². The molecule has 0 aliphatic carbocycles. The van der Waals surface area contributed by atoms with E-state index in [-0.39, 0.29) is 17.6 Å². The maximum absolute atomic E-state index is 10.9. The molecule has 0 aromatic carbocycles. The van der Waals surface area contributed by atoms with Crippen molar-refractivity contribution >= 4 is 15.7 Å². The van der Waals surface area contributed by atoms with Crippen LogP contribution >= 0.6 is 0 Å². The predicted octanol–water partition coefficient (Wildman–Crippen LogP) is -0.0742. The number of oxime groups is 1. The molecule has 1 unspecified atom stereocenters. The number of nitrogens with zero attached hydrogens (tertiary/aromatic N) is 1. The van der Waals surface area contributed by atoms with E-state index in [0.29, 0.717) is 19.4 Å². The molecule has 0 aromatic rings. The summed E-state index contributed by atoms with van der Waals surface area (Å²) in [4.78, 5) is 0. The fourth-order valence-corrected chi connectivity index (χ4v) is 1.96. The van der Waals surface area contributed by atoms with E-state index in [1.54, 1.807) is 0 Å². The van der Waals surface area contributed by atoms with Crippen molar-refractivity contribution in [2.24, 2.45) is 10.9 Å². The van der Waals surface area contributed by atoms with E-state index < -0.39 is 9.84 Å². The molecule has 0 aliphatic rings. The van der Waals surface area contributed by atoms with E-state index in [9.17, 15) is 8.42 Å². The molecular weight excluding hydrogens is 230 g/mol. The minimum absolute atomic E-state index is 0.121. The zero-order chi connectivity index (χ0) is 12.6. The Morgan fingerprint density at radius 1 is 1.56 bits per heavy atom. The highest BCUT2D eigenvalue weighted by atomic mass is 32.2. The van der Waals surface area contributed by atoms with Crippen LogP contribution in [0.15, 0.2) is 5.16 Å². The third kappa shape index (κ3) is 8.49. The zero-order valence-corrected chi connectivity index (χ0v) is 10.6. The van der Waals surface area contributed by atoms with Crippen molar-refractivity contribution in [3.8, 4) is 0 Å². The summed E-state index contributed by atoms with van der Waals surface area (Å²) in [5.41, 5.74) is 5.39. The highest BCUT2D eigenvalue weighted by Gasteiger charge is 2.08. The Kier molecular flexibility index (Phi) is 7.07. The lowest BCUT2D eigenvalue weighted by atomic mass is 10.1. The number of rotatable bonds is 8. The molecule has 0 aromatic heterocycles. The van der Waals surface area contributed by atoms with Crippen LogP contribution in [0.4, 0.5) is 0 Å². The number of amidine groups is 1. The van der Waals surface area contributed by atoms with E-state index in [2.05, 4.69) is 10.5 Å². The Bertz CT molecular complexity index is 314. The maximum atomic E-state index is 10.9. The van der Waals surface area contributed by atoms with Gasteiger partial charge in [0.15, 0.2) is 0 Å². The standard InChI is InChI=1S/C9H21N3O3S/c1-3-8(7-9(10)12-13)11-5-4-6-16(2,14)15/h8,11,13H,3-7H2,1-2H3,(H2,10,12). The summed E-state index contributed by atoms with van der Waals surface area (Å²) in [7, 11) is -2.88. The monoisotopic (exact) mass is 251 g/mol. The van der Waals surface area contributed by atoms with Crippen LogP contribution in [-0.4, -0.2) is 44.1 Å². The van der Waals surface area contributed by atoms with E-state index in [0.717, 1.165) is 6.42 Å². The normalized spacial score (nSPS) is 15.0. The van der Waals surface area contributed by atoms with Gasteiger partial charge in [0.1, 0.15) is 15.7 Å². The van der Waals surface area contributed by atoms with Crippen LogP contribution in [0, 0.1) is 0 Å². The van der Waals surface area contributed by atoms with Crippen molar-refractivity contribution in [3.05, 3.63) is 0 Å². The maximum Gasteiger partial charge on any atom is 0.147 e. The first-order valence-electron chi connectivity index (χ1n) is 5.26. The first-order valence-corrected chi connectivity index (χ1v) is 7.32. The van der Waals surface area contributed by atoms with Crippen molar-refractivity contribution in [2.75, 3.05) is 18.6 Å². The van der Waals surface area contributed by atoms with Gasteiger partial charge in [-0.15, -0.1) is 0 Å².